The van der Waals surface area contributed by atoms with Gasteiger partial charge >= 0.3 is 0 Å². The van der Waals surface area contributed by atoms with Gasteiger partial charge in [0.1, 0.15) is 0 Å². The molecule has 2 N–H and O–H groups in total. The molecule has 1 aliphatic rings. The Labute approximate surface area is 186 Å². The molecule has 166 valence electrons. The Morgan fingerprint density at radius 2 is 1.81 bits per heavy atom. The second kappa shape index (κ2) is 12.0. The van der Waals surface area contributed by atoms with Crippen molar-refractivity contribution in [3.63, 3.8) is 0 Å². The lowest BCUT2D eigenvalue weighted by Crippen LogP contribution is -2.38. The molecule has 1 heterocycles. The molecule has 6 nitrogen and oxygen atoms in total. The molecule has 0 spiro atoms. The Bertz CT molecular complexity index is 835. The maximum Gasteiger partial charge on any atom is 0.222 e. The first-order valence-corrected chi connectivity index (χ1v) is 11.3. The Balaban J connectivity index is 1.37. The number of nitrogens with one attached hydrogen (secondary N) is 2. The number of hydrogen-bond acceptors (Lipinski definition) is 3. The van der Waals surface area contributed by atoms with Crippen molar-refractivity contribution in [2.24, 2.45) is 4.99 Å². The van der Waals surface area contributed by atoms with Crippen LogP contribution in [0.5, 0.6) is 0 Å². The number of guanidine groups is 1. The molecule has 2 aromatic rings. The van der Waals surface area contributed by atoms with Gasteiger partial charge in [-0.25, -0.2) is 0 Å². The van der Waals surface area contributed by atoms with E-state index in [-0.39, 0.29) is 5.91 Å². The summed E-state index contributed by atoms with van der Waals surface area (Å²) in [5.41, 5.74) is 3.64. The maximum absolute atomic E-state index is 11.8. The fourth-order valence-electron chi connectivity index (χ4n) is 3.85. The molecule has 0 bridgehead atoms. The van der Waals surface area contributed by atoms with E-state index >= 15 is 0 Å². The van der Waals surface area contributed by atoms with Crippen LogP contribution >= 0.6 is 0 Å². The Kier molecular flexibility index (Phi) is 8.76. The van der Waals surface area contributed by atoms with Gasteiger partial charge in [0.2, 0.25) is 5.91 Å². The van der Waals surface area contributed by atoms with Gasteiger partial charge in [-0.05, 0) is 43.0 Å². The third-order valence-electron chi connectivity index (χ3n) is 5.65. The lowest BCUT2D eigenvalue weighted by atomic mass is 10.1. The van der Waals surface area contributed by atoms with Gasteiger partial charge in [-0.2, -0.15) is 0 Å². The van der Waals surface area contributed by atoms with Crippen LogP contribution in [0.2, 0.25) is 0 Å². The Morgan fingerprint density at radius 1 is 1.06 bits per heavy atom. The molecule has 0 saturated carbocycles. The average molecular weight is 422 g/mol. The van der Waals surface area contributed by atoms with Gasteiger partial charge in [-0.1, -0.05) is 42.5 Å². The van der Waals surface area contributed by atoms with Crippen molar-refractivity contribution in [2.75, 3.05) is 38.1 Å². The van der Waals surface area contributed by atoms with E-state index in [0.717, 1.165) is 45.0 Å². The average Bonchev–Trinajstić information content (AvgIpc) is 3.21. The quantitative estimate of drug-likeness (QED) is 0.351. The monoisotopic (exact) mass is 421 g/mol. The molecule has 31 heavy (non-hydrogen) atoms. The second-order valence-corrected chi connectivity index (χ2v) is 7.86. The van der Waals surface area contributed by atoms with Gasteiger partial charge in [0.25, 0.3) is 0 Å². The van der Waals surface area contributed by atoms with Gasteiger partial charge in [0, 0.05) is 58.4 Å². The zero-order chi connectivity index (χ0) is 21.9. The van der Waals surface area contributed by atoms with Gasteiger partial charge in [0.05, 0.1) is 0 Å². The largest absolute Gasteiger partial charge is 0.372 e. The number of nitrogens with zero attached hydrogens (tertiary/aromatic N) is 3. The van der Waals surface area contributed by atoms with E-state index in [2.05, 4.69) is 82.0 Å². The first kappa shape index (κ1) is 22.7. The van der Waals surface area contributed by atoms with Crippen LogP contribution in [-0.4, -0.2) is 50.0 Å². The van der Waals surface area contributed by atoms with Crippen LogP contribution in [0, 0.1) is 0 Å². The van der Waals surface area contributed by atoms with Gasteiger partial charge in [-0.3, -0.25) is 9.79 Å². The summed E-state index contributed by atoms with van der Waals surface area (Å²) in [4.78, 5) is 20.4. The van der Waals surface area contributed by atoms with Crippen LogP contribution in [0.1, 0.15) is 37.3 Å². The van der Waals surface area contributed by atoms with Crippen LogP contribution in [0.25, 0.3) is 0 Å². The van der Waals surface area contributed by atoms with E-state index in [4.69, 9.17) is 0 Å². The summed E-state index contributed by atoms with van der Waals surface area (Å²) in [6, 6.07) is 19.0. The van der Waals surface area contributed by atoms with Gasteiger partial charge < -0.3 is 20.4 Å². The molecule has 0 unspecified atom stereocenters. The molecule has 0 radical (unpaired) electrons. The molecule has 1 amide bonds. The molecule has 0 aliphatic carbocycles. The Morgan fingerprint density at radius 3 is 2.45 bits per heavy atom. The number of likely N-dealkylation sites (tertiary alicyclic amines) is 1. The van der Waals surface area contributed by atoms with Crippen LogP contribution in [-0.2, 0) is 17.9 Å². The lowest BCUT2D eigenvalue weighted by molar-refractivity contribution is -0.128. The van der Waals surface area contributed by atoms with Crippen molar-refractivity contribution < 1.29 is 4.79 Å². The van der Waals surface area contributed by atoms with Crippen LogP contribution < -0.4 is 15.5 Å². The first-order valence-electron chi connectivity index (χ1n) is 11.3. The summed E-state index contributed by atoms with van der Waals surface area (Å²) in [6.45, 7) is 7.37. The number of rotatable bonds is 10. The zero-order valence-electron chi connectivity index (χ0n) is 18.8. The standard InChI is InChI=1S/C25H35N5O/c1-3-29(23-9-5-4-6-10-23)18-8-16-27-25(26-2)28-19-21-12-14-22(15-13-21)20-30-17-7-11-24(30)31/h4-6,9-10,12-15H,3,7-8,11,16-20H2,1-2H3,(H2,26,27,28). The third kappa shape index (κ3) is 7.02. The minimum Gasteiger partial charge on any atom is -0.372 e. The number of aliphatic imine (C=N–C) groups is 1. The van der Waals surface area contributed by atoms with Crippen LogP contribution in [0.4, 0.5) is 5.69 Å². The number of carbonyl (C=O) groups is 1. The smallest absolute Gasteiger partial charge is 0.222 e. The molecule has 6 heteroatoms. The van der Waals surface area contributed by atoms with Crippen LogP contribution in [0.3, 0.4) is 0 Å². The summed E-state index contributed by atoms with van der Waals surface area (Å²) in [7, 11) is 1.80. The lowest BCUT2D eigenvalue weighted by Gasteiger charge is -2.23. The number of para-hydroxylation sites is 1. The molecule has 0 aromatic heterocycles. The minimum absolute atomic E-state index is 0.270. The first-order chi connectivity index (χ1) is 15.2. The summed E-state index contributed by atoms with van der Waals surface area (Å²) in [5.74, 6) is 1.08. The fraction of sp³-hybridized carbons (Fsp3) is 0.440. The highest BCUT2D eigenvalue weighted by atomic mass is 16.2. The number of anilines is 1. The van der Waals surface area contributed by atoms with Gasteiger partial charge in [0.15, 0.2) is 5.96 Å². The molecule has 0 atom stereocenters. The summed E-state index contributed by atoms with van der Waals surface area (Å²) >= 11 is 0. The Hall–Kier alpha value is -3.02. The van der Waals surface area contributed by atoms with Crippen LogP contribution in [0.15, 0.2) is 59.6 Å². The number of amides is 1. The molecule has 2 aromatic carbocycles. The maximum atomic E-state index is 11.8. The van der Waals surface area contributed by atoms with Crippen molar-refractivity contribution in [1.29, 1.82) is 0 Å². The van der Waals surface area contributed by atoms with E-state index in [1.807, 2.05) is 4.90 Å². The van der Waals surface area contributed by atoms with Crippen molar-refractivity contribution in [2.45, 2.75) is 39.3 Å². The second-order valence-electron chi connectivity index (χ2n) is 7.86. The van der Waals surface area contributed by atoms with E-state index in [0.29, 0.717) is 19.5 Å². The predicted molar refractivity (Wildman–Crippen MR) is 128 cm³/mol. The van der Waals surface area contributed by atoms with Gasteiger partial charge in [-0.15, -0.1) is 0 Å². The molecular weight excluding hydrogens is 386 g/mol. The van der Waals surface area contributed by atoms with Crippen molar-refractivity contribution in [3.8, 4) is 0 Å². The molecule has 1 aliphatic heterocycles. The zero-order valence-corrected chi connectivity index (χ0v) is 18.8. The van der Waals surface area contributed by atoms with E-state index in [1.165, 1.54) is 16.8 Å². The van der Waals surface area contributed by atoms with E-state index in [9.17, 15) is 4.79 Å². The highest BCUT2D eigenvalue weighted by molar-refractivity contribution is 5.79. The number of benzene rings is 2. The number of carbonyl (C=O) groups excluding carboxylic acids is 1. The van der Waals surface area contributed by atoms with E-state index < -0.39 is 0 Å². The summed E-state index contributed by atoms with van der Waals surface area (Å²) in [6.07, 6.45) is 2.71. The van der Waals surface area contributed by atoms with E-state index in [1.54, 1.807) is 7.05 Å². The predicted octanol–water partition coefficient (Wildman–Crippen LogP) is 3.39. The number of hydrogen-bond donors (Lipinski definition) is 2. The molecule has 1 fully saturated rings. The SMILES string of the molecule is CCN(CCCNC(=NC)NCc1ccc(CN2CCCC2=O)cc1)c1ccccc1. The molecule has 1 saturated heterocycles. The summed E-state index contributed by atoms with van der Waals surface area (Å²) < 4.78 is 0. The molecule has 3 rings (SSSR count). The molecular formula is C25H35N5O. The fourth-order valence-corrected chi connectivity index (χ4v) is 3.85. The van der Waals surface area contributed by atoms with Crippen molar-refractivity contribution in [1.82, 2.24) is 15.5 Å². The topological polar surface area (TPSA) is 60.0 Å². The summed E-state index contributed by atoms with van der Waals surface area (Å²) in [5, 5.41) is 6.78. The third-order valence-corrected chi connectivity index (χ3v) is 5.65. The van der Waals surface area contributed by atoms with Crippen molar-refractivity contribution >= 4 is 17.6 Å². The highest BCUT2D eigenvalue weighted by Crippen LogP contribution is 2.15. The minimum atomic E-state index is 0.270. The van der Waals surface area contributed by atoms with Crippen molar-refractivity contribution in [3.05, 3.63) is 65.7 Å². The normalized spacial score (nSPS) is 14.1. The highest BCUT2D eigenvalue weighted by Gasteiger charge is 2.19.